The maximum absolute atomic E-state index is 11.1. The van der Waals surface area contributed by atoms with Gasteiger partial charge in [-0.05, 0) is 31.4 Å². The van der Waals surface area contributed by atoms with Gasteiger partial charge in [-0.25, -0.2) is 0 Å². The number of hydrogen-bond acceptors (Lipinski definition) is 2. The van der Waals surface area contributed by atoms with Crippen molar-refractivity contribution < 1.29 is 4.79 Å². The lowest BCUT2D eigenvalue weighted by Crippen LogP contribution is -2.36. The second-order valence-electron chi connectivity index (χ2n) is 3.02. The number of halogens is 1. The predicted molar refractivity (Wildman–Crippen MR) is 45.9 cm³/mol. The molecule has 0 bridgehead atoms. The quantitative estimate of drug-likeness (QED) is 0.590. The molecule has 1 N–H and O–H groups in total. The minimum Gasteiger partial charge on any atom is -0.307 e. The normalized spacial score (nSPS) is 34.7. The maximum atomic E-state index is 11.1. The Morgan fingerprint density at radius 1 is 1.55 bits per heavy atom. The Morgan fingerprint density at radius 3 is 3.09 bits per heavy atom. The van der Waals surface area contributed by atoms with Crippen molar-refractivity contribution in [2.75, 3.05) is 6.54 Å². The summed E-state index contributed by atoms with van der Waals surface area (Å²) in [6.07, 6.45) is 5.96. The first-order valence-electron chi connectivity index (χ1n) is 3.82. The topological polar surface area (TPSA) is 29.1 Å². The van der Waals surface area contributed by atoms with E-state index in [1.54, 1.807) is 6.08 Å². The Hall–Kier alpha value is -0.340. The van der Waals surface area contributed by atoms with Crippen molar-refractivity contribution in [2.45, 2.75) is 18.9 Å². The van der Waals surface area contributed by atoms with Crippen LogP contribution in [0.3, 0.4) is 0 Å². The van der Waals surface area contributed by atoms with E-state index in [9.17, 15) is 4.79 Å². The summed E-state index contributed by atoms with van der Waals surface area (Å²) in [5, 5.41) is 3.21. The lowest BCUT2D eigenvalue weighted by molar-refractivity contribution is -0.117. The monoisotopic (exact) mass is 173 g/mol. The Balaban J connectivity index is 0.000000605. The van der Waals surface area contributed by atoms with Gasteiger partial charge in [0, 0.05) is 0 Å². The van der Waals surface area contributed by atoms with Crippen molar-refractivity contribution in [1.29, 1.82) is 0 Å². The third-order valence-electron chi connectivity index (χ3n) is 2.38. The van der Waals surface area contributed by atoms with Crippen LogP contribution in [-0.2, 0) is 4.79 Å². The summed E-state index contributed by atoms with van der Waals surface area (Å²) in [5.41, 5.74) is 0. The lowest BCUT2D eigenvalue weighted by Gasteiger charge is -2.18. The molecule has 0 aromatic carbocycles. The van der Waals surface area contributed by atoms with Crippen LogP contribution in [0.25, 0.3) is 0 Å². The van der Waals surface area contributed by atoms with Crippen LogP contribution in [0.5, 0.6) is 0 Å². The van der Waals surface area contributed by atoms with Crippen molar-refractivity contribution in [1.82, 2.24) is 5.32 Å². The van der Waals surface area contributed by atoms with E-state index in [4.69, 9.17) is 0 Å². The van der Waals surface area contributed by atoms with Gasteiger partial charge in [0.2, 0.25) is 0 Å². The van der Waals surface area contributed by atoms with Gasteiger partial charge in [-0.1, -0.05) is 6.08 Å². The van der Waals surface area contributed by atoms with Crippen LogP contribution in [0.15, 0.2) is 12.2 Å². The zero-order valence-electron chi connectivity index (χ0n) is 6.25. The van der Waals surface area contributed by atoms with Crippen molar-refractivity contribution in [2.24, 2.45) is 5.92 Å². The van der Waals surface area contributed by atoms with Crippen molar-refractivity contribution >= 4 is 18.2 Å². The molecule has 2 nitrogen and oxygen atoms in total. The van der Waals surface area contributed by atoms with Gasteiger partial charge in [0.25, 0.3) is 0 Å². The fourth-order valence-corrected chi connectivity index (χ4v) is 1.81. The molecule has 2 rings (SSSR count). The summed E-state index contributed by atoms with van der Waals surface area (Å²) in [4.78, 5) is 11.1. The molecule has 1 aliphatic heterocycles. The molecule has 2 aliphatic rings. The molecule has 0 radical (unpaired) electrons. The number of carbonyl (C=O) groups is 1. The van der Waals surface area contributed by atoms with Crippen LogP contribution < -0.4 is 5.32 Å². The Morgan fingerprint density at radius 2 is 2.36 bits per heavy atom. The summed E-state index contributed by atoms with van der Waals surface area (Å²) >= 11 is 0. The molecule has 1 saturated heterocycles. The second-order valence-corrected chi connectivity index (χ2v) is 3.02. The van der Waals surface area contributed by atoms with E-state index in [1.165, 1.54) is 6.42 Å². The summed E-state index contributed by atoms with van der Waals surface area (Å²) in [6, 6.07) is 0.157. The van der Waals surface area contributed by atoms with Gasteiger partial charge in [0.1, 0.15) is 0 Å². The van der Waals surface area contributed by atoms with Gasteiger partial charge in [0.15, 0.2) is 5.78 Å². The molecule has 1 fully saturated rings. The number of ketones is 1. The molecule has 2 atom stereocenters. The largest absolute Gasteiger partial charge is 0.307 e. The highest BCUT2D eigenvalue weighted by molar-refractivity contribution is 5.95. The van der Waals surface area contributed by atoms with E-state index < -0.39 is 0 Å². The molecule has 11 heavy (non-hydrogen) atoms. The fourth-order valence-electron chi connectivity index (χ4n) is 1.81. The van der Waals surface area contributed by atoms with Crippen molar-refractivity contribution in [3.63, 3.8) is 0 Å². The van der Waals surface area contributed by atoms with Crippen molar-refractivity contribution in [3.8, 4) is 0 Å². The first kappa shape index (κ1) is 8.75. The minimum absolute atomic E-state index is 0. The van der Waals surface area contributed by atoms with Crippen LogP contribution in [0.4, 0.5) is 0 Å². The fraction of sp³-hybridized carbons (Fsp3) is 0.625. The van der Waals surface area contributed by atoms with Crippen LogP contribution in [0, 0.1) is 5.92 Å². The molecule has 2 unspecified atom stereocenters. The first-order valence-corrected chi connectivity index (χ1v) is 3.82. The third-order valence-corrected chi connectivity index (χ3v) is 2.38. The molecule has 62 valence electrons. The van der Waals surface area contributed by atoms with Crippen LogP contribution >= 0.6 is 12.4 Å². The summed E-state index contributed by atoms with van der Waals surface area (Å²) in [7, 11) is 0. The standard InChI is InChI=1S/C8H11NO.ClH/c10-7-3-1-2-6-4-5-9-8(6)7;/h1,3,6,8-9H,2,4-5H2;1H. The van der Waals surface area contributed by atoms with E-state index in [-0.39, 0.29) is 24.2 Å². The number of carbonyl (C=O) groups excluding carboxylic acids is 1. The molecular formula is C8H12ClNO. The van der Waals surface area contributed by atoms with Crippen LogP contribution in [-0.4, -0.2) is 18.4 Å². The Bertz CT molecular complexity index is 191. The molecule has 1 heterocycles. The van der Waals surface area contributed by atoms with Gasteiger partial charge in [-0.2, -0.15) is 0 Å². The van der Waals surface area contributed by atoms with Gasteiger partial charge in [-0.15, -0.1) is 12.4 Å². The van der Waals surface area contributed by atoms with E-state index in [0.29, 0.717) is 5.92 Å². The molecule has 0 aromatic rings. The summed E-state index contributed by atoms with van der Waals surface area (Å²) < 4.78 is 0. The minimum atomic E-state index is 0. The van der Waals surface area contributed by atoms with Crippen LogP contribution in [0.2, 0.25) is 0 Å². The summed E-state index contributed by atoms with van der Waals surface area (Å²) in [6.45, 7) is 1.02. The summed E-state index contributed by atoms with van der Waals surface area (Å²) in [5.74, 6) is 0.867. The highest BCUT2D eigenvalue weighted by Crippen LogP contribution is 2.23. The number of hydrogen-bond donors (Lipinski definition) is 1. The van der Waals surface area contributed by atoms with E-state index >= 15 is 0 Å². The van der Waals surface area contributed by atoms with Gasteiger partial charge in [0.05, 0.1) is 6.04 Å². The highest BCUT2D eigenvalue weighted by atomic mass is 35.5. The molecule has 0 aromatic heterocycles. The van der Waals surface area contributed by atoms with Gasteiger partial charge < -0.3 is 5.32 Å². The maximum Gasteiger partial charge on any atom is 0.172 e. The van der Waals surface area contributed by atoms with Crippen molar-refractivity contribution in [3.05, 3.63) is 12.2 Å². The highest BCUT2D eigenvalue weighted by Gasteiger charge is 2.32. The molecular weight excluding hydrogens is 162 g/mol. The van der Waals surface area contributed by atoms with Gasteiger partial charge >= 0.3 is 0 Å². The Kier molecular flexibility index (Phi) is 2.68. The van der Waals surface area contributed by atoms with Gasteiger partial charge in [-0.3, -0.25) is 4.79 Å². The zero-order valence-corrected chi connectivity index (χ0v) is 7.06. The van der Waals surface area contributed by atoms with E-state index in [0.717, 1.165) is 13.0 Å². The van der Waals surface area contributed by atoms with E-state index in [1.807, 2.05) is 6.08 Å². The van der Waals surface area contributed by atoms with Crippen LogP contribution in [0.1, 0.15) is 12.8 Å². The molecule has 0 spiro atoms. The smallest absolute Gasteiger partial charge is 0.172 e. The SMILES string of the molecule is Cl.O=C1C=CCC2CCNC12. The lowest BCUT2D eigenvalue weighted by atomic mass is 9.89. The number of fused-ring (bicyclic) bond motifs is 1. The molecule has 1 aliphatic carbocycles. The van der Waals surface area contributed by atoms with E-state index in [2.05, 4.69) is 5.32 Å². The first-order chi connectivity index (χ1) is 4.88. The number of allylic oxidation sites excluding steroid dienone is 1. The third kappa shape index (κ3) is 1.47. The average molecular weight is 174 g/mol. The molecule has 0 amide bonds. The predicted octanol–water partition coefficient (Wildman–Crippen LogP) is 0.915. The average Bonchev–Trinajstić information content (AvgIpc) is 2.36. The second kappa shape index (κ2) is 3.37. The zero-order chi connectivity index (χ0) is 6.97. The molecule has 3 heteroatoms. The number of rotatable bonds is 0. The molecule has 0 saturated carbocycles. The number of nitrogens with one attached hydrogen (secondary N) is 1. The Labute approximate surface area is 72.5 Å².